The second kappa shape index (κ2) is 7.39. The number of aromatic nitrogens is 2. The Morgan fingerprint density at radius 3 is 2.29 bits per heavy atom. The van der Waals surface area contributed by atoms with E-state index >= 15 is 0 Å². The van der Waals surface area contributed by atoms with Gasteiger partial charge in [-0.15, -0.1) is 0 Å². The van der Waals surface area contributed by atoms with Crippen molar-refractivity contribution in [1.29, 1.82) is 0 Å². The van der Waals surface area contributed by atoms with Crippen LogP contribution in [0.15, 0.2) is 53.9 Å². The molecular formula is C23H19FN4O3. The van der Waals surface area contributed by atoms with E-state index in [1.807, 2.05) is 13.0 Å². The lowest BCUT2D eigenvalue weighted by atomic mass is 9.93. The molecule has 2 aromatic carbocycles. The molecule has 2 heterocycles. The quantitative estimate of drug-likeness (QED) is 0.698. The number of amides is 1. The molecule has 156 valence electrons. The minimum absolute atomic E-state index is 0.155. The molecule has 0 unspecified atom stereocenters. The van der Waals surface area contributed by atoms with Crippen molar-refractivity contribution in [3.8, 4) is 22.5 Å². The predicted octanol–water partition coefficient (Wildman–Crippen LogP) is 3.44. The van der Waals surface area contributed by atoms with Gasteiger partial charge in [-0.25, -0.2) is 4.39 Å². The highest BCUT2D eigenvalue weighted by atomic mass is 19.1. The number of rotatable bonds is 4. The molecule has 0 saturated heterocycles. The van der Waals surface area contributed by atoms with Gasteiger partial charge in [0.15, 0.2) is 11.3 Å². The fraction of sp³-hybridized carbons (Fsp3) is 0.174. The van der Waals surface area contributed by atoms with Gasteiger partial charge in [0.05, 0.1) is 23.8 Å². The molecule has 7 nitrogen and oxygen atoms in total. The molecule has 0 fully saturated rings. The summed E-state index contributed by atoms with van der Waals surface area (Å²) < 4.78 is 13.7. The van der Waals surface area contributed by atoms with Crippen molar-refractivity contribution >= 4 is 17.4 Å². The van der Waals surface area contributed by atoms with Crippen LogP contribution >= 0.6 is 0 Å². The van der Waals surface area contributed by atoms with E-state index in [9.17, 15) is 14.0 Å². The lowest BCUT2D eigenvalue weighted by Gasteiger charge is -2.12. The van der Waals surface area contributed by atoms with E-state index in [-0.39, 0.29) is 22.6 Å². The number of benzene rings is 2. The van der Waals surface area contributed by atoms with Gasteiger partial charge in [-0.1, -0.05) is 17.3 Å². The van der Waals surface area contributed by atoms with Gasteiger partial charge in [0.1, 0.15) is 5.82 Å². The Kier molecular flexibility index (Phi) is 4.85. The number of aryl methyl sites for hydroxylation is 1. The average Bonchev–Trinajstić information content (AvgIpc) is 3.01. The number of carbonyl (C=O) groups excluding carboxylic acids is 2. The fourth-order valence-electron chi connectivity index (χ4n) is 3.31. The van der Waals surface area contributed by atoms with Crippen LogP contribution in [0.25, 0.3) is 22.5 Å². The summed E-state index contributed by atoms with van der Waals surface area (Å²) in [7, 11) is 0. The maximum Gasteiger partial charge on any atom is 0.249 e. The zero-order valence-electron chi connectivity index (χ0n) is 17.1. The largest absolute Gasteiger partial charge is 0.381 e. The van der Waals surface area contributed by atoms with Crippen molar-refractivity contribution in [3.05, 3.63) is 71.3 Å². The molecule has 0 atom stereocenters. The van der Waals surface area contributed by atoms with E-state index in [4.69, 9.17) is 10.6 Å². The molecule has 0 bridgehead atoms. The van der Waals surface area contributed by atoms with Crippen LogP contribution in [0.4, 0.5) is 4.39 Å². The summed E-state index contributed by atoms with van der Waals surface area (Å²) in [4.78, 5) is 38.2. The van der Waals surface area contributed by atoms with Crippen molar-refractivity contribution in [2.24, 2.45) is 10.9 Å². The maximum atomic E-state index is 13.7. The standard InChI is InChI=1S/C23H19FN4O3/c1-12-4-5-13(20-21(29)23(2,3)31-28-20)8-16(12)18-10-27-19(11-26-18)17-9-14(24)6-7-15(17)22(25)30/h4-11H,1-3H3,(H2,25,30). The molecule has 31 heavy (non-hydrogen) atoms. The number of hydrogen-bond acceptors (Lipinski definition) is 6. The first-order valence-corrected chi connectivity index (χ1v) is 9.51. The zero-order chi connectivity index (χ0) is 22.3. The van der Waals surface area contributed by atoms with E-state index in [0.717, 1.165) is 17.2 Å². The van der Waals surface area contributed by atoms with Crippen molar-refractivity contribution < 1.29 is 18.8 Å². The van der Waals surface area contributed by atoms with E-state index < -0.39 is 17.3 Å². The van der Waals surface area contributed by atoms with Crippen molar-refractivity contribution in [1.82, 2.24) is 9.97 Å². The summed E-state index contributed by atoms with van der Waals surface area (Å²) >= 11 is 0. The topological polar surface area (TPSA) is 108 Å². The normalized spacial score (nSPS) is 14.8. The van der Waals surface area contributed by atoms with Crippen LogP contribution < -0.4 is 5.73 Å². The Morgan fingerprint density at radius 1 is 1.03 bits per heavy atom. The van der Waals surface area contributed by atoms with Gasteiger partial charge in [0.25, 0.3) is 0 Å². The van der Waals surface area contributed by atoms with Crippen LogP contribution in [0.5, 0.6) is 0 Å². The summed E-state index contributed by atoms with van der Waals surface area (Å²) in [5.74, 6) is -1.40. The maximum absolute atomic E-state index is 13.7. The number of carbonyl (C=O) groups is 2. The smallest absolute Gasteiger partial charge is 0.249 e. The predicted molar refractivity (Wildman–Crippen MR) is 113 cm³/mol. The first-order chi connectivity index (χ1) is 14.7. The molecule has 8 heteroatoms. The summed E-state index contributed by atoms with van der Waals surface area (Å²) in [6.07, 6.45) is 2.98. The van der Waals surface area contributed by atoms with Gasteiger partial charge in [-0.3, -0.25) is 19.6 Å². The number of Topliss-reactive ketones (excluding diaryl/α,β-unsaturated/α-hetero) is 1. The molecule has 1 aromatic heterocycles. The van der Waals surface area contributed by atoms with Crippen LogP contribution in [0, 0.1) is 12.7 Å². The van der Waals surface area contributed by atoms with Gasteiger partial charge < -0.3 is 10.6 Å². The van der Waals surface area contributed by atoms with Crippen LogP contribution in [0.2, 0.25) is 0 Å². The molecule has 1 amide bonds. The summed E-state index contributed by atoms with van der Waals surface area (Å²) in [5.41, 5.74) is 8.22. The molecule has 0 aliphatic carbocycles. The fourth-order valence-corrected chi connectivity index (χ4v) is 3.31. The molecule has 0 radical (unpaired) electrons. The molecule has 0 saturated carbocycles. The Bertz CT molecular complexity index is 1250. The lowest BCUT2D eigenvalue weighted by Crippen LogP contribution is -2.33. The number of nitrogens with two attached hydrogens (primary N) is 1. The van der Waals surface area contributed by atoms with Crippen LogP contribution in [-0.2, 0) is 9.63 Å². The van der Waals surface area contributed by atoms with E-state index in [0.29, 0.717) is 17.0 Å². The summed E-state index contributed by atoms with van der Waals surface area (Å²) in [6.45, 7) is 5.24. The molecule has 1 aliphatic heterocycles. The Balaban J connectivity index is 1.72. The lowest BCUT2D eigenvalue weighted by molar-refractivity contribution is -0.128. The first-order valence-electron chi connectivity index (χ1n) is 9.51. The number of nitrogens with zero attached hydrogens (tertiary/aromatic N) is 3. The molecule has 3 aromatic rings. The van der Waals surface area contributed by atoms with Gasteiger partial charge in [-0.05, 0) is 50.6 Å². The SMILES string of the molecule is Cc1ccc(C2=NOC(C)(C)C2=O)cc1-c1cnc(-c2cc(F)ccc2C(N)=O)cn1. The van der Waals surface area contributed by atoms with E-state index in [1.54, 1.807) is 26.0 Å². The summed E-state index contributed by atoms with van der Waals surface area (Å²) in [6, 6.07) is 9.14. The van der Waals surface area contributed by atoms with E-state index in [1.165, 1.54) is 24.5 Å². The van der Waals surface area contributed by atoms with Crippen molar-refractivity contribution in [3.63, 3.8) is 0 Å². The van der Waals surface area contributed by atoms with Crippen LogP contribution in [0.1, 0.15) is 35.3 Å². The van der Waals surface area contributed by atoms with Crippen LogP contribution in [0.3, 0.4) is 0 Å². The first kappa shape index (κ1) is 20.3. The van der Waals surface area contributed by atoms with Gasteiger partial charge in [-0.2, -0.15) is 0 Å². The van der Waals surface area contributed by atoms with Crippen molar-refractivity contribution in [2.45, 2.75) is 26.4 Å². The molecule has 1 aliphatic rings. The highest BCUT2D eigenvalue weighted by Crippen LogP contribution is 2.28. The molecule has 4 rings (SSSR count). The second-order valence-corrected chi connectivity index (χ2v) is 7.74. The number of oxime groups is 1. The van der Waals surface area contributed by atoms with Gasteiger partial charge >= 0.3 is 0 Å². The third kappa shape index (κ3) is 3.68. The third-order valence-corrected chi connectivity index (χ3v) is 5.09. The number of hydrogen-bond donors (Lipinski definition) is 1. The zero-order valence-corrected chi connectivity index (χ0v) is 17.1. The third-order valence-electron chi connectivity index (χ3n) is 5.09. The average molecular weight is 418 g/mol. The Labute approximate surface area is 177 Å². The molecular weight excluding hydrogens is 399 g/mol. The number of primary amides is 1. The number of ketones is 1. The van der Waals surface area contributed by atoms with Gasteiger partial charge in [0.2, 0.25) is 11.7 Å². The van der Waals surface area contributed by atoms with Crippen molar-refractivity contribution in [2.75, 3.05) is 0 Å². The minimum Gasteiger partial charge on any atom is -0.381 e. The number of halogens is 1. The van der Waals surface area contributed by atoms with E-state index in [2.05, 4.69) is 15.1 Å². The molecule has 0 spiro atoms. The van der Waals surface area contributed by atoms with Gasteiger partial charge in [0, 0.05) is 22.3 Å². The second-order valence-electron chi connectivity index (χ2n) is 7.74. The highest BCUT2D eigenvalue weighted by molar-refractivity contribution is 6.49. The Morgan fingerprint density at radius 2 is 1.71 bits per heavy atom. The monoisotopic (exact) mass is 418 g/mol. The molecule has 2 N–H and O–H groups in total. The summed E-state index contributed by atoms with van der Waals surface area (Å²) in [5, 5.41) is 3.94. The Hall–Kier alpha value is -3.94. The highest BCUT2D eigenvalue weighted by Gasteiger charge is 2.40. The van der Waals surface area contributed by atoms with Crippen LogP contribution in [-0.4, -0.2) is 33.0 Å². The minimum atomic E-state index is -0.995.